The van der Waals surface area contributed by atoms with Gasteiger partial charge in [0.2, 0.25) is 12.3 Å². The zero-order chi connectivity index (χ0) is 26.3. The standard InChI is InChI=1S/C25H24ClF2N5O3S/c1-12-3-15(16-7-21(26)30-9-19(16)36-2)17(8-29-12)23(34)32-25-31-18-10-33(11-20(18)37-25)24(35)14-4-13(5-14)6-22(27)28/h3,7-9,13-14,22H,4-6,10-11H2,1-2H3,(H,31,32,34)/t13-,14-. The number of aryl methyl sites for hydroxylation is 1. The summed E-state index contributed by atoms with van der Waals surface area (Å²) in [6.07, 6.45) is 1.56. The molecule has 3 aromatic rings. The molecule has 3 aromatic heterocycles. The highest BCUT2D eigenvalue weighted by molar-refractivity contribution is 7.16. The monoisotopic (exact) mass is 547 g/mol. The lowest BCUT2D eigenvalue weighted by atomic mass is 9.72. The van der Waals surface area contributed by atoms with E-state index in [-0.39, 0.29) is 29.3 Å². The molecule has 12 heteroatoms. The van der Waals surface area contributed by atoms with Crippen LogP contribution in [0, 0.1) is 18.8 Å². The summed E-state index contributed by atoms with van der Waals surface area (Å²) >= 11 is 7.43. The summed E-state index contributed by atoms with van der Waals surface area (Å²) in [6, 6.07) is 3.41. The van der Waals surface area contributed by atoms with Crippen LogP contribution in [0.5, 0.6) is 5.75 Å². The molecule has 0 radical (unpaired) electrons. The quantitative estimate of drug-likeness (QED) is 0.401. The zero-order valence-corrected chi connectivity index (χ0v) is 21.7. The number of aromatic nitrogens is 3. The Labute approximate surface area is 221 Å². The third kappa shape index (κ3) is 5.28. The first-order chi connectivity index (χ1) is 17.7. The summed E-state index contributed by atoms with van der Waals surface area (Å²) in [7, 11) is 1.51. The van der Waals surface area contributed by atoms with E-state index in [0.29, 0.717) is 59.2 Å². The number of hydrogen-bond acceptors (Lipinski definition) is 7. The Hall–Kier alpha value is -3.18. The molecule has 1 saturated carbocycles. The molecule has 0 saturated heterocycles. The van der Waals surface area contributed by atoms with Crippen molar-refractivity contribution < 1.29 is 23.1 Å². The first-order valence-corrected chi connectivity index (χ1v) is 12.9. The summed E-state index contributed by atoms with van der Waals surface area (Å²) in [5, 5.41) is 3.53. The second-order valence-corrected chi connectivity index (χ2v) is 10.7. The largest absolute Gasteiger partial charge is 0.494 e. The van der Waals surface area contributed by atoms with Crippen LogP contribution in [0.2, 0.25) is 5.15 Å². The number of amides is 2. The number of anilines is 1. The molecule has 0 aromatic carbocycles. The van der Waals surface area contributed by atoms with Gasteiger partial charge in [-0.15, -0.1) is 0 Å². The van der Waals surface area contributed by atoms with Gasteiger partial charge in [-0.25, -0.2) is 18.7 Å². The lowest BCUT2D eigenvalue weighted by molar-refractivity contribution is -0.141. The van der Waals surface area contributed by atoms with Gasteiger partial charge in [0.25, 0.3) is 5.91 Å². The van der Waals surface area contributed by atoms with Gasteiger partial charge in [-0.2, -0.15) is 0 Å². The van der Waals surface area contributed by atoms with Crippen LogP contribution in [0.4, 0.5) is 13.9 Å². The lowest BCUT2D eigenvalue weighted by Crippen LogP contribution is -2.39. The second-order valence-electron chi connectivity index (χ2n) is 9.28. The first kappa shape index (κ1) is 25.5. The fourth-order valence-electron chi connectivity index (χ4n) is 4.81. The third-order valence-corrected chi connectivity index (χ3v) is 7.92. The number of ether oxygens (including phenoxy) is 1. The van der Waals surface area contributed by atoms with Gasteiger partial charge in [0.15, 0.2) is 5.13 Å². The van der Waals surface area contributed by atoms with Gasteiger partial charge in [0, 0.05) is 35.4 Å². The average Bonchev–Trinajstić information content (AvgIpc) is 3.39. The van der Waals surface area contributed by atoms with Crippen LogP contribution >= 0.6 is 22.9 Å². The van der Waals surface area contributed by atoms with E-state index in [1.165, 1.54) is 30.8 Å². The van der Waals surface area contributed by atoms with E-state index in [0.717, 1.165) is 10.6 Å². The number of alkyl halides is 2. The van der Waals surface area contributed by atoms with Gasteiger partial charge in [-0.3, -0.25) is 19.9 Å². The number of nitrogens with one attached hydrogen (secondary N) is 1. The van der Waals surface area contributed by atoms with Crippen LogP contribution in [0.1, 0.15) is 45.9 Å². The van der Waals surface area contributed by atoms with E-state index >= 15 is 0 Å². The number of nitrogens with zero attached hydrogens (tertiary/aromatic N) is 4. The highest BCUT2D eigenvalue weighted by Crippen LogP contribution is 2.41. The number of fused-ring (bicyclic) bond motifs is 1. The maximum absolute atomic E-state index is 13.3. The predicted octanol–water partition coefficient (Wildman–Crippen LogP) is 5.35. The summed E-state index contributed by atoms with van der Waals surface area (Å²) in [4.78, 5) is 41.5. The highest BCUT2D eigenvalue weighted by Gasteiger charge is 2.40. The summed E-state index contributed by atoms with van der Waals surface area (Å²) in [6.45, 7) is 2.57. The van der Waals surface area contributed by atoms with Gasteiger partial charge in [-0.1, -0.05) is 22.9 Å². The predicted molar refractivity (Wildman–Crippen MR) is 135 cm³/mol. The number of rotatable bonds is 7. The summed E-state index contributed by atoms with van der Waals surface area (Å²) in [5.74, 6) is -0.203. The number of carbonyl (C=O) groups excluding carboxylic acids is 2. The van der Waals surface area contributed by atoms with Crippen molar-refractivity contribution in [1.29, 1.82) is 0 Å². The highest BCUT2D eigenvalue weighted by atomic mass is 35.5. The Balaban J connectivity index is 1.27. The van der Waals surface area contributed by atoms with Crippen LogP contribution in [0.15, 0.2) is 24.5 Å². The molecular formula is C25H24ClF2N5O3S. The average molecular weight is 548 g/mol. The zero-order valence-electron chi connectivity index (χ0n) is 20.1. The molecule has 1 aliphatic carbocycles. The van der Waals surface area contributed by atoms with Gasteiger partial charge in [-0.05, 0) is 37.8 Å². The van der Waals surface area contributed by atoms with Gasteiger partial charge in [0.05, 0.1) is 42.5 Å². The number of thiazole rings is 1. The van der Waals surface area contributed by atoms with Crippen LogP contribution < -0.4 is 10.1 Å². The van der Waals surface area contributed by atoms with Crippen molar-refractivity contribution >= 4 is 39.9 Å². The summed E-state index contributed by atoms with van der Waals surface area (Å²) in [5.41, 5.74) is 2.98. The Morgan fingerprint density at radius 2 is 2.00 bits per heavy atom. The van der Waals surface area contributed by atoms with Crippen LogP contribution in [0.25, 0.3) is 11.1 Å². The fraction of sp³-hybridized carbons (Fsp3) is 0.400. The van der Waals surface area contributed by atoms with Crippen molar-refractivity contribution in [2.75, 3.05) is 12.4 Å². The molecule has 2 amide bonds. The maximum atomic E-state index is 13.3. The number of halogens is 3. The van der Waals surface area contributed by atoms with Gasteiger partial charge in [0.1, 0.15) is 10.9 Å². The number of carbonyl (C=O) groups is 2. The molecule has 4 heterocycles. The first-order valence-electron chi connectivity index (χ1n) is 11.7. The molecule has 2 aliphatic rings. The molecule has 194 valence electrons. The van der Waals surface area contributed by atoms with Crippen molar-refractivity contribution in [3.05, 3.63) is 51.5 Å². The molecule has 37 heavy (non-hydrogen) atoms. The van der Waals surface area contributed by atoms with Crippen LogP contribution in [-0.4, -0.2) is 45.2 Å². The van der Waals surface area contributed by atoms with Gasteiger partial charge >= 0.3 is 0 Å². The molecule has 0 atom stereocenters. The lowest BCUT2D eigenvalue weighted by Gasteiger charge is -2.36. The normalized spacial score (nSPS) is 18.5. The van der Waals surface area contributed by atoms with E-state index in [1.807, 2.05) is 6.92 Å². The third-order valence-electron chi connectivity index (χ3n) is 6.71. The molecule has 1 N–H and O–H groups in total. The Morgan fingerprint density at radius 3 is 2.70 bits per heavy atom. The minimum atomic E-state index is -2.33. The van der Waals surface area contributed by atoms with E-state index in [9.17, 15) is 18.4 Å². The Bertz CT molecular complexity index is 1340. The van der Waals surface area contributed by atoms with Crippen molar-refractivity contribution in [2.45, 2.75) is 45.7 Å². The maximum Gasteiger partial charge on any atom is 0.259 e. The number of pyridine rings is 2. The van der Waals surface area contributed by atoms with Crippen LogP contribution in [0.3, 0.4) is 0 Å². The molecule has 1 aliphatic heterocycles. The molecular weight excluding hydrogens is 524 g/mol. The van der Waals surface area contributed by atoms with Crippen LogP contribution in [-0.2, 0) is 17.9 Å². The van der Waals surface area contributed by atoms with Crippen molar-refractivity contribution in [3.8, 4) is 16.9 Å². The smallest absolute Gasteiger partial charge is 0.259 e. The molecule has 8 nitrogen and oxygen atoms in total. The number of methoxy groups -OCH3 is 1. The Kier molecular flexibility index (Phi) is 7.09. The van der Waals surface area contributed by atoms with E-state index in [1.54, 1.807) is 17.0 Å². The van der Waals surface area contributed by atoms with Crippen molar-refractivity contribution in [3.63, 3.8) is 0 Å². The molecule has 5 rings (SSSR count). The molecule has 0 spiro atoms. The van der Waals surface area contributed by atoms with Gasteiger partial charge < -0.3 is 9.64 Å². The molecule has 0 unspecified atom stereocenters. The summed E-state index contributed by atoms with van der Waals surface area (Å²) < 4.78 is 30.5. The fourth-order valence-corrected chi connectivity index (χ4v) is 5.95. The SMILES string of the molecule is COc1cnc(Cl)cc1-c1cc(C)ncc1C(=O)Nc1nc2c(s1)CN(C(=O)[C@H]1C[C@H](CC(F)F)C1)C2. The van der Waals surface area contributed by atoms with E-state index in [4.69, 9.17) is 16.3 Å². The molecule has 1 fully saturated rings. The van der Waals surface area contributed by atoms with Crippen molar-refractivity contribution in [2.24, 2.45) is 11.8 Å². The number of hydrogen-bond donors (Lipinski definition) is 1. The minimum Gasteiger partial charge on any atom is -0.494 e. The van der Waals surface area contributed by atoms with E-state index in [2.05, 4.69) is 20.3 Å². The molecule has 0 bridgehead atoms. The minimum absolute atomic E-state index is 0.0124. The van der Waals surface area contributed by atoms with E-state index < -0.39 is 12.3 Å². The Morgan fingerprint density at radius 1 is 1.22 bits per heavy atom. The second kappa shape index (κ2) is 10.3. The van der Waals surface area contributed by atoms with Crippen molar-refractivity contribution in [1.82, 2.24) is 19.9 Å². The topological polar surface area (TPSA) is 97.3 Å².